The molecular weight excluding hydrogens is 411 g/mol. The number of aliphatic hydroxyl groups excluding tert-OH is 1. The number of hydrogen-bond donors (Lipinski definition) is 2. The minimum Gasteiger partial charge on any atom is -0.491 e. The van der Waals surface area contributed by atoms with Crippen LogP contribution in [-0.2, 0) is 16.8 Å². The van der Waals surface area contributed by atoms with Crippen LogP contribution in [0.1, 0.15) is 11.1 Å². The van der Waals surface area contributed by atoms with Gasteiger partial charge >= 0.3 is 6.03 Å². The quantitative estimate of drug-likeness (QED) is 0.534. The second-order valence-electron chi connectivity index (χ2n) is 7.70. The number of halogens is 1. The van der Waals surface area contributed by atoms with Crippen molar-refractivity contribution in [3.8, 4) is 5.75 Å². The number of urea groups is 1. The molecule has 32 heavy (non-hydrogen) atoms. The van der Waals surface area contributed by atoms with Crippen molar-refractivity contribution < 1.29 is 23.8 Å². The van der Waals surface area contributed by atoms with Gasteiger partial charge in [0, 0.05) is 6.42 Å². The molecule has 3 aromatic rings. The number of aliphatic hydroxyl groups is 1. The van der Waals surface area contributed by atoms with Gasteiger partial charge in [-0.25, -0.2) is 9.18 Å². The molecule has 164 valence electrons. The molecule has 6 nitrogen and oxygen atoms in total. The molecular formula is C25H23FN2O4. The summed E-state index contributed by atoms with van der Waals surface area (Å²) in [6.07, 6.45) is -0.834. The Labute approximate surface area is 185 Å². The highest BCUT2D eigenvalue weighted by atomic mass is 19.1. The van der Waals surface area contributed by atoms with Crippen LogP contribution < -0.4 is 10.1 Å². The van der Waals surface area contributed by atoms with Crippen LogP contribution >= 0.6 is 0 Å². The third kappa shape index (κ3) is 4.48. The lowest BCUT2D eigenvalue weighted by Gasteiger charge is -2.28. The molecule has 1 fully saturated rings. The summed E-state index contributed by atoms with van der Waals surface area (Å²) in [7, 11) is 0. The molecule has 0 spiro atoms. The molecule has 0 bridgehead atoms. The van der Waals surface area contributed by atoms with E-state index < -0.39 is 29.4 Å². The molecule has 0 aliphatic carbocycles. The number of carbonyl (C=O) groups excluding carboxylic acids is 2. The molecule has 7 heteroatoms. The summed E-state index contributed by atoms with van der Waals surface area (Å²) >= 11 is 0. The van der Waals surface area contributed by atoms with Crippen LogP contribution in [0.3, 0.4) is 0 Å². The van der Waals surface area contributed by atoms with Gasteiger partial charge < -0.3 is 15.2 Å². The first-order valence-electron chi connectivity index (χ1n) is 10.3. The second-order valence-corrected chi connectivity index (χ2v) is 7.70. The predicted molar refractivity (Wildman–Crippen MR) is 116 cm³/mol. The maximum absolute atomic E-state index is 13.5. The van der Waals surface area contributed by atoms with Gasteiger partial charge in [0.1, 0.15) is 24.3 Å². The van der Waals surface area contributed by atoms with Crippen molar-refractivity contribution in [1.29, 1.82) is 0 Å². The summed E-state index contributed by atoms with van der Waals surface area (Å²) in [4.78, 5) is 27.4. The fourth-order valence-electron chi connectivity index (χ4n) is 3.82. The van der Waals surface area contributed by atoms with Crippen LogP contribution in [0.2, 0.25) is 0 Å². The van der Waals surface area contributed by atoms with Gasteiger partial charge in [-0.15, -0.1) is 0 Å². The number of nitrogens with one attached hydrogen (secondary N) is 1. The van der Waals surface area contributed by atoms with Crippen molar-refractivity contribution in [3.05, 3.63) is 102 Å². The zero-order valence-electron chi connectivity index (χ0n) is 17.3. The van der Waals surface area contributed by atoms with Crippen molar-refractivity contribution in [2.45, 2.75) is 18.1 Å². The topological polar surface area (TPSA) is 78.9 Å². The average molecular weight is 434 g/mol. The van der Waals surface area contributed by atoms with E-state index in [0.29, 0.717) is 11.3 Å². The molecule has 1 saturated heterocycles. The lowest BCUT2D eigenvalue weighted by molar-refractivity contribution is -0.132. The Bertz CT molecular complexity index is 1080. The highest BCUT2D eigenvalue weighted by molar-refractivity contribution is 6.07. The lowest BCUT2D eigenvalue weighted by atomic mass is 9.83. The Morgan fingerprint density at radius 1 is 0.938 bits per heavy atom. The number of nitrogens with zero attached hydrogens (tertiary/aromatic N) is 1. The van der Waals surface area contributed by atoms with Gasteiger partial charge in [-0.3, -0.25) is 9.69 Å². The molecule has 1 heterocycles. The van der Waals surface area contributed by atoms with E-state index in [-0.39, 0.29) is 19.6 Å². The molecule has 0 radical (unpaired) electrons. The molecule has 3 amide bonds. The summed E-state index contributed by atoms with van der Waals surface area (Å²) in [6, 6.07) is 23.3. The number of β-amino-alcohol motifs (C(OH)–C–C–N with tert-alkyl or cyclic N) is 1. The van der Waals surface area contributed by atoms with Crippen molar-refractivity contribution in [2.75, 3.05) is 13.2 Å². The Morgan fingerprint density at radius 3 is 2.22 bits per heavy atom. The number of benzene rings is 3. The molecule has 1 aliphatic rings. The van der Waals surface area contributed by atoms with Gasteiger partial charge in [-0.2, -0.15) is 0 Å². The average Bonchev–Trinajstić information content (AvgIpc) is 3.05. The van der Waals surface area contributed by atoms with Crippen LogP contribution in [0, 0.1) is 5.82 Å². The largest absolute Gasteiger partial charge is 0.491 e. The Morgan fingerprint density at radius 2 is 1.56 bits per heavy atom. The van der Waals surface area contributed by atoms with E-state index in [1.54, 1.807) is 12.1 Å². The normalized spacial score (nSPS) is 19.0. The van der Waals surface area contributed by atoms with Crippen LogP contribution in [-0.4, -0.2) is 41.2 Å². The third-order valence-corrected chi connectivity index (χ3v) is 5.40. The molecule has 2 atom stereocenters. The monoisotopic (exact) mass is 434 g/mol. The Kier molecular flexibility index (Phi) is 6.18. The molecule has 0 saturated carbocycles. The first kappa shape index (κ1) is 21.5. The standard InChI is InChI=1S/C25H23FN2O4/c26-20-11-13-22(14-12-20)32-17-21(29)16-28-23(30)25(27-24(28)31,19-9-5-2-6-10-19)15-18-7-3-1-4-8-18/h1-14,21,29H,15-17H2,(H,27,31)/t21-,25-/m0/s1. The van der Waals surface area contributed by atoms with Crippen LogP contribution in [0.25, 0.3) is 0 Å². The van der Waals surface area contributed by atoms with E-state index >= 15 is 0 Å². The SMILES string of the molecule is O=C1N[C@@](Cc2ccccc2)(c2ccccc2)C(=O)N1C[C@H](O)COc1ccc(F)cc1. The number of carbonyl (C=O) groups is 2. The van der Waals surface area contributed by atoms with Gasteiger partial charge in [0.05, 0.1) is 6.54 Å². The number of amides is 3. The Balaban J connectivity index is 1.52. The second kappa shape index (κ2) is 9.20. The highest BCUT2D eigenvalue weighted by Crippen LogP contribution is 2.33. The minimum atomic E-state index is -1.27. The fraction of sp³-hybridized carbons (Fsp3) is 0.200. The summed E-state index contributed by atoms with van der Waals surface area (Å²) < 4.78 is 18.5. The molecule has 0 aromatic heterocycles. The van der Waals surface area contributed by atoms with Crippen LogP contribution in [0.15, 0.2) is 84.9 Å². The molecule has 0 unspecified atom stereocenters. The molecule has 1 aliphatic heterocycles. The Hall–Kier alpha value is -3.71. The van der Waals surface area contributed by atoms with E-state index in [1.807, 2.05) is 48.5 Å². The van der Waals surface area contributed by atoms with Gasteiger partial charge in [-0.05, 0) is 35.4 Å². The van der Waals surface area contributed by atoms with E-state index in [0.717, 1.165) is 10.5 Å². The van der Waals surface area contributed by atoms with E-state index in [1.165, 1.54) is 24.3 Å². The van der Waals surface area contributed by atoms with Crippen LogP contribution in [0.4, 0.5) is 9.18 Å². The fourth-order valence-corrected chi connectivity index (χ4v) is 3.82. The smallest absolute Gasteiger partial charge is 0.325 e. The molecule has 3 aromatic carbocycles. The van der Waals surface area contributed by atoms with Crippen molar-refractivity contribution in [3.63, 3.8) is 0 Å². The minimum absolute atomic E-state index is 0.153. The molecule has 2 N–H and O–H groups in total. The van der Waals surface area contributed by atoms with Crippen molar-refractivity contribution in [1.82, 2.24) is 10.2 Å². The van der Waals surface area contributed by atoms with Crippen LogP contribution in [0.5, 0.6) is 5.75 Å². The number of ether oxygens (including phenoxy) is 1. The van der Waals surface area contributed by atoms with E-state index in [2.05, 4.69) is 5.32 Å². The number of rotatable bonds is 8. The first-order chi connectivity index (χ1) is 15.5. The third-order valence-electron chi connectivity index (χ3n) is 5.40. The maximum atomic E-state index is 13.5. The van der Waals surface area contributed by atoms with Crippen molar-refractivity contribution in [2.24, 2.45) is 0 Å². The highest BCUT2D eigenvalue weighted by Gasteiger charge is 2.52. The zero-order chi connectivity index (χ0) is 22.6. The zero-order valence-corrected chi connectivity index (χ0v) is 17.3. The predicted octanol–water partition coefficient (Wildman–Crippen LogP) is 3.26. The van der Waals surface area contributed by atoms with Gasteiger partial charge in [-0.1, -0.05) is 60.7 Å². The van der Waals surface area contributed by atoms with Crippen molar-refractivity contribution >= 4 is 11.9 Å². The van der Waals surface area contributed by atoms with Gasteiger partial charge in [0.15, 0.2) is 5.54 Å². The van der Waals surface area contributed by atoms with E-state index in [9.17, 15) is 19.1 Å². The number of imide groups is 1. The summed E-state index contributed by atoms with van der Waals surface area (Å²) in [6.45, 7) is -0.380. The molecule has 4 rings (SSSR count). The lowest BCUT2D eigenvalue weighted by Crippen LogP contribution is -2.46. The maximum Gasteiger partial charge on any atom is 0.325 e. The van der Waals surface area contributed by atoms with Gasteiger partial charge in [0.25, 0.3) is 5.91 Å². The number of hydrogen-bond acceptors (Lipinski definition) is 4. The summed E-state index contributed by atoms with van der Waals surface area (Å²) in [5, 5.41) is 13.3. The van der Waals surface area contributed by atoms with Gasteiger partial charge in [0.2, 0.25) is 0 Å². The summed E-state index contributed by atoms with van der Waals surface area (Å²) in [5.74, 6) is -0.448. The summed E-state index contributed by atoms with van der Waals surface area (Å²) in [5.41, 5.74) is 0.297. The first-order valence-corrected chi connectivity index (χ1v) is 10.3. The van der Waals surface area contributed by atoms with E-state index in [4.69, 9.17) is 4.74 Å².